The molecule has 110 valence electrons. The molecule has 3 rings (SSSR count). The Morgan fingerprint density at radius 1 is 1.24 bits per heavy atom. The van der Waals surface area contributed by atoms with Crippen LogP contribution in [-0.4, -0.2) is 28.0 Å². The predicted octanol–water partition coefficient (Wildman–Crippen LogP) is 3.25. The Balaban J connectivity index is 1.65. The molecule has 2 aromatic rings. The van der Waals surface area contributed by atoms with Crippen molar-refractivity contribution >= 4 is 5.69 Å². The van der Waals surface area contributed by atoms with E-state index in [0.29, 0.717) is 0 Å². The molecule has 4 nitrogen and oxygen atoms in total. The lowest BCUT2D eigenvalue weighted by Crippen LogP contribution is -2.18. The molecule has 4 heteroatoms. The summed E-state index contributed by atoms with van der Waals surface area (Å²) in [4.78, 5) is 11.0. The van der Waals surface area contributed by atoms with Gasteiger partial charge in [0.15, 0.2) is 0 Å². The van der Waals surface area contributed by atoms with Gasteiger partial charge in [0.2, 0.25) is 0 Å². The molecule has 0 amide bonds. The second kappa shape index (κ2) is 6.68. The molecule has 0 aliphatic carbocycles. The van der Waals surface area contributed by atoms with Crippen molar-refractivity contribution in [1.82, 2.24) is 14.9 Å². The van der Waals surface area contributed by atoms with Gasteiger partial charge in [0.1, 0.15) is 0 Å². The average Bonchev–Trinajstić information content (AvgIpc) is 3.01. The number of likely N-dealkylation sites (tertiary alicyclic amines) is 1. The monoisotopic (exact) mass is 282 g/mol. The van der Waals surface area contributed by atoms with Gasteiger partial charge in [-0.15, -0.1) is 0 Å². The topological polar surface area (TPSA) is 41.0 Å². The summed E-state index contributed by atoms with van der Waals surface area (Å²) in [6.45, 7) is 5.62. The highest BCUT2D eigenvalue weighted by molar-refractivity contribution is 5.47. The van der Waals surface area contributed by atoms with Crippen LogP contribution in [0.25, 0.3) is 0 Å². The minimum absolute atomic E-state index is 0.153. The summed E-state index contributed by atoms with van der Waals surface area (Å²) >= 11 is 0. The summed E-state index contributed by atoms with van der Waals surface area (Å²) < 4.78 is 0. The highest BCUT2D eigenvalue weighted by Gasteiger charge is 2.12. The summed E-state index contributed by atoms with van der Waals surface area (Å²) in [6, 6.07) is 8.83. The Morgan fingerprint density at radius 2 is 2.10 bits per heavy atom. The van der Waals surface area contributed by atoms with Crippen molar-refractivity contribution < 1.29 is 0 Å². The Bertz CT molecular complexity index is 564. The van der Waals surface area contributed by atoms with Crippen LogP contribution in [0.5, 0.6) is 0 Å². The molecule has 0 radical (unpaired) electrons. The number of nitrogens with zero attached hydrogens (tertiary/aromatic N) is 3. The molecule has 1 fully saturated rings. The third-order valence-electron chi connectivity index (χ3n) is 3.94. The first-order valence-corrected chi connectivity index (χ1v) is 7.65. The van der Waals surface area contributed by atoms with E-state index < -0.39 is 0 Å². The van der Waals surface area contributed by atoms with Gasteiger partial charge in [-0.05, 0) is 50.6 Å². The third kappa shape index (κ3) is 3.79. The number of aromatic nitrogens is 2. The maximum absolute atomic E-state index is 4.35. The van der Waals surface area contributed by atoms with Crippen LogP contribution in [0.1, 0.15) is 37.1 Å². The maximum atomic E-state index is 4.35. The summed E-state index contributed by atoms with van der Waals surface area (Å²) in [5, 5.41) is 3.50. The third-order valence-corrected chi connectivity index (χ3v) is 3.94. The second-order valence-electron chi connectivity index (χ2n) is 5.68. The van der Waals surface area contributed by atoms with E-state index in [4.69, 9.17) is 0 Å². The van der Waals surface area contributed by atoms with Crippen molar-refractivity contribution in [2.45, 2.75) is 32.4 Å². The van der Waals surface area contributed by atoms with E-state index in [-0.39, 0.29) is 6.04 Å². The normalized spacial score (nSPS) is 16.8. The minimum Gasteiger partial charge on any atom is -0.377 e. The summed E-state index contributed by atoms with van der Waals surface area (Å²) in [6.07, 6.45) is 7.92. The van der Waals surface area contributed by atoms with Gasteiger partial charge in [-0.1, -0.05) is 12.1 Å². The lowest BCUT2D eigenvalue weighted by atomic mass is 10.1. The Morgan fingerprint density at radius 3 is 2.86 bits per heavy atom. The zero-order valence-electron chi connectivity index (χ0n) is 12.5. The van der Waals surface area contributed by atoms with Crippen molar-refractivity contribution in [3.63, 3.8) is 0 Å². The van der Waals surface area contributed by atoms with Gasteiger partial charge in [0, 0.05) is 24.6 Å². The minimum atomic E-state index is 0.153. The molecule has 1 aromatic heterocycles. The zero-order chi connectivity index (χ0) is 14.5. The number of benzene rings is 1. The van der Waals surface area contributed by atoms with Crippen LogP contribution in [0.2, 0.25) is 0 Å². The lowest BCUT2D eigenvalue weighted by Gasteiger charge is -2.17. The largest absolute Gasteiger partial charge is 0.377 e. The standard InChI is InChI=1S/C17H22N4/c1-14(17-12-18-7-8-19-17)20-16-6-4-5-15(11-16)13-21-9-2-3-10-21/h4-8,11-12,14,20H,2-3,9-10,13H2,1H3. The number of anilines is 1. The van der Waals surface area contributed by atoms with Crippen molar-refractivity contribution in [1.29, 1.82) is 0 Å². The molecule has 1 aliphatic rings. The first-order valence-electron chi connectivity index (χ1n) is 7.65. The molecule has 0 bridgehead atoms. The molecule has 1 unspecified atom stereocenters. The van der Waals surface area contributed by atoms with Gasteiger partial charge in [-0.3, -0.25) is 14.9 Å². The fourth-order valence-electron chi connectivity index (χ4n) is 2.82. The van der Waals surface area contributed by atoms with Gasteiger partial charge in [-0.2, -0.15) is 0 Å². The van der Waals surface area contributed by atoms with E-state index in [2.05, 4.69) is 51.4 Å². The van der Waals surface area contributed by atoms with Crippen molar-refractivity contribution in [2.75, 3.05) is 18.4 Å². The van der Waals surface area contributed by atoms with Crippen molar-refractivity contribution in [3.05, 3.63) is 54.1 Å². The molecule has 1 N–H and O–H groups in total. The van der Waals surface area contributed by atoms with Crippen LogP contribution in [0.3, 0.4) is 0 Å². The van der Waals surface area contributed by atoms with Crippen LogP contribution in [0.4, 0.5) is 5.69 Å². The van der Waals surface area contributed by atoms with Gasteiger partial charge < -0.3 is 5.32 Å². The fraction of sp³-hybridized carbons (Fsp3) is 0.412. The van der Waals surface area contributed by atoms with E-state index in [9.17, 15) is 0 Å². The van der Waals surface area contributed by atoms with Gasteiger partial charge >= 0.3 is 0 Å². The molecule has 1 aliphatic heterocycles. The first-order chi connectivity index (χ1) is 10.3. The molecular weight excluding hydrogens is 260 g/mol. The van der Waals surface area contributed by atoms with Gasteiger partial charge in [0.05, 0.1) is 17.9 Å². The number of rotatable bonds is 5. The average molecular weight is 282 g/mol. The van der Waals surface area contributed by atoms with Crippen molar-refractivity contribution in [3.8, 4) is 0 Å². The lowest BCUT2D eigenvalue weighted by molar-refractivity contribution is 0.331. The molecule has 1 saturated heterocycles. The number of hydrogen-bond donors (Lipinski definition) is 1. The predicted molar refractivity (Wildman–Crippen MR) is 85.0 cm³/mol. The molecule has 0 spiro atoms. The number of hydrogen-bond acceptors (Lipinski definition) is 4. The number of nitrogens with one attached hydrogen (secondary N) is 1. The molecular formula is C17H22N4. The Kier molecular flexibility index (Phi) is 4.46. The van der Waals surface area contributed by atoms with E-state index in [0.717, 1.165) is 17.9 Å². The van der Waals surface area contributed by atoms with Crippen molar-refractivity contribution in [2.24, 2.45) is 0 Å². The van der Waals surface area contributed by atoms with E-state index in [1.165, 1.54) is 31.5 Å². The molecule has 1 aromatic carbocycles. The van der Waals surface area contributed by atoms with E-state index in [1.54, 1.807) is 12.4 Å². The molecule has 2 heterocycles. The van der Waals surface area contributed by atoms with Crippen LogP contribution in [0, 0.1) is 0 Å². The zero-order valence-corrected chi connectivity index (χ0v) is 12.5. The van der Waals surface area contributed by atoms with Crippen LogP contribution in [-0.2, 0) is 6.54 Å². The van der Waals surface area contributed by atoms with Crippen LogP contribution >= 0.6 is 0 Å². The van der Waals surface area contributed by atoms with Crippen LogP contribution < -0.4 is 5.32 Å². The van der Waals surface area contributed by atoms with Gasteiger partial charge in [0.25, 0.3) is 0 Å². The van der Waals surface area contributed by atoms with E-state index >= 15 is 0 Å². The summed E-state index contributed by atoms with van der Waals surface area (Å²) in [7, 11) is 0. The summed E-state index contributed by atoms with van der Waals surface area (Å²) in [5.41, 5.74) is 3.47. The highest BCUT2D eigenvalue weighted by Crippen LogP contribution is 2.20. The quantitative estimate of drug-likeness (QED) is 0.914. The molecule has 1 atom stereocenters. The van der Waals surface area contributed by atoms with Gasteiger partial charge in [-0.25, -0.2) is 0 Å². The molecule has 0 saturated carbocycles. The first kappa shape index (κ1) is 14.0. The Hall–Kier alpha value is -1.94. The molecule has 21 heavy (non-hydrogen) atoms. The summed E-state index contributed by atoms with van der Waals surface area (Å²) in [5.74, 6) is 0. The SMILES string of the molecule is CC(Nc1cccc(CN2CCCC2)c1)c1cnccn1. The maximum Gasteiger partial charge on any atom is 0.0806 e. The van der Waals surface area contributed by atoms with Crippen LogP contribution in [0.15, 0.2) is 42.9 Å². The highest BCUT2D eigenvalue weighted by atomic mass is 15.1. The fourth-order valence-corrected chi connectivity index (χ4v) is 2.82. The van der Waals surface area contributed by atoms with E-state index in [1.807, 2.05) is 6.20 Å². The smallest absolute Gasteiger partial charge is 0.0806 e. The second-order valence-corrected chi connectivity index (χ2v) is 5.68. The Labute approximate surface area is 126 Å².